The van der Waals surface area contributed by atoms with Gasteiger partial charge in [0, 0.05) is 31.9 Å². The smallest absolute Gasteiger partial charge is 0.259 e. The van der Waals surface area contributed by atoms with Gasteiger partial charge in [0.1, 0.15) is 0 Å². The molecule has 96 valence electrons. The van der Waals surface area contributed by atoms with Gasteiger partial charge in [0.15, 0.2) is 0 Å². The van der Waals surface area contributed by atoms with Crippen LogP contribution in [-0.4, -0.2) is 38.0 Å². The van der Waals surface area contributed by atoms with Crippen LogP contribution in [0, 0.1) is 0 Å². The molecule has 2 aliphatic heterocycles. The van der Waals surface area contributed by atoms with Crippen LogP contribution in [-0.2, 0) is 0 Å². The minimum Gasteiger partial charge on any atom is -0.369 e. The number of halogens is 1. The third kappa shape index (κ3) is 2.07. The topological polar surface area (TPSA) is 61.4 Å². The van der Waals surface area contributed by atoms with Crippen LogP contribution in [0.1, 0.15) is 20.7 Å². The second-order valence-electron chi connectivity index (χ2n) is 4.25. The van der Waals surface area contributed by atoms with E-state index in [1.807, 2.05) is 6.07 Å². The highest BCUT2D eigenvalue weighted by molar-refractivity contribution is 6.21. The lowest BCUT2D eigenvalue weighted by Crippen LogP contribution is -2.43. The molecule has 0 radical (unpaired) electrons. The van der Waals surface area contributed by atoms with Crippen molar-refractivity contribution in [1.29, 1.82) is 0 Å². The summed E-state index contributed by atoms with van der Waals surface area (Å²) in [6.45, 7) is 3.74. The molecule has 3 rings (SSSR count). The van der Waals surface area contributed by atoms with Gasteiger partial charge < -0.3 is 10.2 Å². The molecule has 5 nitrogen and oxygen atoms in total. The lowest BCUT2D eigenvalue weighted by Gasteiger charge is -2.29. The second kappa shape index (κ2) is 4.96. The first kappa shape index (κ1) is 12.9. The molecule has 2 amide bonds. The standard InChI is InChI=1S/C12H13N3O2.ClH/c16-11-9-2-1-8(7-10(9)12(17)14-11)15-5-3-13-4-6-15;/h1-2,7,13H,3-6H2,(H,14,16,17);1H. The van der Waals surface area contributed by atoms with Crippen LogP contribution in [0.2, 0.25) is 0 Å². The molecule has 0 aromatic heterocycles. The number of hydrogen-bond acceptors (Lipinski definition) is 4. The zero-order chi connectivity index (χ0) is 11.8. The summed E-state index contributed by atoms with van der Waals surface area (Å²) in [5.41, 5.74) is 1.98. The summed E-state index contributed by atoms with van der Waals surface area (Å²) in [5.74, 6) is -0.584. The molecule has 1 aromatic rings. The minimum absolute atomic E-state index is 0. The summed E-state index contributed by atoms with van der Waals surface area (Å²) in [5, 5.41) is 5.58. The number of fused-ring (bicyclic) bond motifs is 1. The van der Waals surface area contributed by atoms with E-state index < -0.39 is 0 Å². The third-order valence-corrected chi connectivity index (χ3v) is 3.20. The largest absolute Gasteiger partial charge is 0.369 e. The minimum atomic E-state index is -0.295. The number of piperazine rings is 1. The number of imide groups is 1. The second-order valence-corrected chi connectivity index (χ2v) is 4.25. The number of rotatable bonds is 1. The van der Waals surface area contributed by atoms with Gasteiger partial charge in [-0.15, -0.1) is 12.4 Å². The van der Waals surface area contributed by atoms with Crippen molar-refractivity contribution in [2.24, 2.45) is 0 Å². The van der Waals surface area contributed by atoms with E-state index in [4.69, 9.17) is 0 Å². The van der Waals surface area contributed by atoms with E-state index in [0.717, 1.165) is 31.9 Å². The predicted octanol–water partition coefficient (Wildman–Crippen LogP) is 0.402. The Balaban J connectivity index is 0.00000120. The number of nitrogens with zero attached hydrogens (tertiary/aromatic N) is 1. The Bertz CT molecular complexity index is 498. The Morgan fingerprint density at radius 2 is 1.67 bits per heavy atom. The van der Waals surface area contributed by atoms with Crippen LogP contribution < -0.4 is 15.5 Å². The van der Waals surface area contributed by atoms with Gasteiger partial charge in [-0.3, -0.25) is 14.9 Å². The van der Waals surface area contributed by atoms with Crippen molar-refractivity contribution in [3.05, 3.63) is 29.3 Å². The number of carbonyl (C=O) groups excluding carboxylic acids is 2. The molecule has 0 spiro atoms. The van der Waals surface area contributed by atoms with Crippen molar-refractivity contribution in [2.45, 2.75) is 0 Å². The lowest BCUT2D eigenvalue weighted by atomic mass is 10.1. The quantitative estimate of drug-likeness (QED) is 0.723. The van der Waals surface area contributed by atoms with E-state index in [1.165, 1.54) is 0 Å². The fraction of sp³-hybridized carbons (Fsp3) is 0.333. The highest BCUT2D eigenvalue weighted by Gasteiger charge is 2.27. The zero-order valence-corrected chi connectivity index (χ0v) is 10.5. The van der Waals surface area contributed by atoms with Crippen molar-refractivity contribution in [1.82, 2.24) is 10.6 Å². The predicted molar refractivity (Wildman–Crippen MR) is 70.6 cm³/mol. The molecule has 0 saturated carbocycles. The maximum atomic E-state index is 11.5. The van der Waals surface area contributed by atoms with Crippen LogP contribution in [0.4, 0.5) is 5.69 Å². The van der Waals surface area contributed by atoms with E-state index in [9.17, 15) is 9.59 Å². The molecular formula is C12H14ClN3O2. The summed E-state index contributed by atoms with van der Waals surface area (Å²) in [6.07, 6.45) is 0. The van der Waals surface area contributed by atoms with E-state index in [2.05, 4.69) is 15.5 Å². The van der Waals surface area contributed by atoms with Gasteiger partial charge in [0.25, 0.3) is 11.8 Å². The monoisotopic (exact) mass is 267 g/mol. The molecule has 0 unspecified atom stereocenters. The molecule has 1 saturated heterocycles. The number of amides is 2. The van der Waals surface area contributed by atoms with Crippen molar-refractivity contribution in [3.8, 4) is 0 Å². The van der Waals surface area contributed by atoms with Crippen LogP contribution in [0.3, 0.4) is 0 Å². The molecule has 2 aliphatic rings. The number of nitrogens with one attached hydrogen (secondary N) is 2. The summed E-state index contributed by atoms with van der Waals surface area (Å²) >= 11 is 0. The van der Waals surface area contributed by atoms with E-state index in [0.29, 0.717) is 11.1 Å². The van der Waals surface area contributed by atoms with E-state index >= 15 is 0 Å². The highest BCUT2D eigenvalue weighted by atomic mass is 35.5. The molecule has 0 bridgehead atoms. The Morgan fingerprint density at radius 3 is 2.39 bits per heavy atom. The molecule has 0 atom stereocenters. The average molecular weight is 268 g/mol. The SMILES string of the molecule is Cl.O=C1NC(=O)c2cc(N3CCNCC3)ccc21. The molecule has 1 aromatic carbocycles. The fourth-order valence-corrected chi connectivity index (χ4v) is 2.28. The van der Waals surface area contributed by atoms with Gasteiger partial charge in [-0.2, -0.15) is 0 Å². The first-order chi connectivity index (χ1) is 8.25. The van der Waals surface area contributed by atoms with Gasteiger partial charge in [-0.25, -0.2) is 0 Å². The van der Waals surface area contributed by atoms with E-state index in [-0.39, 0.29) is 24.2 Å². The van der Waals surface area contributed by atoms with Gasteiger partial charge in [-0.1, -0.05) is 0 Å². The van der Waals surface area contributed by atoms with E-state index in [1.54, 1.807) is 12.1 Å². The molecule has 2 N–H and O–H groups in total. The summed E-state index contributed by atoms with van der Waals surface area (Å²) < 4.78 is 0. The third-order valence-electron chi connectivity index (χ3n) is 3.20. The van der Waals surface area contributed by atoms with Gasteiger partial charge in [0.05, 0.1) is 11.1 Å². The molecule has 2 heterocycles. The zero-order valence-electron chi connectivity index (χ0n) is 9.73. The summed E-state index contributed by atoms with van der Waals surface area (Å²) in [6, 6.07) is 5.44. The van der Waals surface area contributed by atoms with Gasteiger partial charge in [0.2, 0.25) is 0 Å². The lowest BCUT2D eigenvalue weighted by molar-refractivity contribution is 0.0879. The Labute approximate surface area is 111 Å². The molecule has 0 aliphatic carbocycles. The molecule has 18 heavy (non-hydrogen) atoms. The molecular weight excluding hydrogens is 254 g/mol. The Hall–Kier alpha value is -1.59. The molecule has 1 fully saturated rings. The van der Waals surface area contributed by atoms with Crippen LogP contribution >= 0.6 is 12.4 Å². The van der Waals surface area contributed by atoms with Crippen LogP contribution in [0.25, 0.3) is 0 Å². The first-order valence-corrected chi connectivity index (χ1v) is 5.71. The normalized spacial score (nSPS) is 18.1. The van der Waals surface area contributed by atoms with Crippen molar-refractivity contribution in [2.75, 3.05) is 31.1 Å². The van der Waals surface area contributed by atoms with Crippen molar-refractivity contribution < 1.29 is 9.59 Å². The Morgan fingerprint density at radius 1 is 1.00 bits per heavy atom. The number of hydrogen-bond donors (Lipinski definition) is 2. The van der Waals surface area contributed by atoms with Crippen molar-refractivity contribution >= 4 is 29.9 Å². The number of anilines is 1. The summed E-state index contributed by atoms with van der Waals surface area (Å²) in [7, 11) is 0. The fourth-order valence-electron chi connectivity index (χ4n) is 2.28. The summed E-state index contributed by atoms with van der Waals surface area (Å²) in [4.78, 5) is 25.2. The molecule has 6 heteroatoms. The maximum absolute atomic E-state index is 11.5. The van der Waals surface area contributed by atoms with Gasteiger partial charge in [-0.05, 0) is 18.2 Å². The number of carbonyl (C=O) groups is 2. The maximum Gasteiger partial charge on any atom is 0.259 e. The number of benzene rings is 1. The highest BCUT2D eigenvalue weighted by Crippen LogP contribution is 2.23. The first-order valence-electron chi connectivity index (χ1n) is 5.71. The van der Waals surface area contributed by atoms with Crippen LogP contribution in [0.5, 0.6) is 0 Å². The average Bonchev–Trinajstić information content (AvgIpc) is 2.66. The van der Waals surface area contributed by atoms with Gasteiger partial charge >= 0.3 is 0 Å². The Kier molecular flexibility index (Phi) is 3.54. The van der Waals surface area contributed by atoms with Crippen LogP contribution in [0.15, 0.2) is 18.2 Å². The van der Waals surface area contributed by atoms with Crippen molar-refractivity contribution in [3.63, 3.8) is 0 Å².